The van der Waals surface area contributed by atoms with Crippen LogP contribution in [0.25, 0.3) is 0 Å². The van der Waals surface area contributed by atoms with Crippen molar-refractivity contribution in [2.75, 3.05) is 13.2 Å². The number of hydrogen-bond donors (Lipinski definition) is 0. The zero-order valence-electron chi connectivity index (χ0n) is 11.7. The Bertz CT molecular complexity index is 504. The number of hydrogen-bond acceptors (Lipinski definition) is 4. The molecule has 5 nitrogen and oxygen atoms in total. The topological polar surface area (TPSA) is 61.6 Å². The minimum absolute atomic E-state index is 0.103. The lowest BCUT2D eigenvalue weighted by Gasteiger charge is -2.25. The van der Waals surface area contributed by atoms with Crippen molar-refractivity contribution in [2.45, 2.75) is 39.4 Å². The average molecular weight is 265 g/mol. The van der Waals surface area contributed by atoms with Crippen molar-refractivity contribution in [1.29, 1.82) is 0 Å². The SMILES string of the molecule is Cc1cc(C(C)C)c([N+](=O)[O-])cc1C1(C)OCCO1. The molecule has 0 aliphatic carbocycles. The Morgan fingerprint density at radius 3 is 2.37 bits per heavy atom. The summed E-state index contributed by atoms with van der Waals surface area (Å²) in [6.45, 7) is 8.66. The molecule has 1 aromatic carbocycles. The van der Waals surface area contributed by atoms with Crippen LogP contribution in [0, 0.1) is 17.0 Å². The molecule has 0 radical (unpaired) electrons. The van der Waals surface area contributed by atoms with Crippen LogP contribution in [-0.4, -0.2) is 18.1 Å². The Hall–Kier alpha value is -1.46. The van der Waals surface area contributed by atoms with Crippen molar-refractivity contribution in [3.63, 3.8) is 0 Å². The predicted molar refractivity (Wildman–Crippen MR) is 71.2 cm³/mol. The molecule has 0 bridgehead atoms. The molecule has 0 unspecified atom stereocenters. The number of nitro benzene ring substituents is 1. The summed E-state index contributed by atoms with van der Waals surface area (Å²) in [7, 11) is 0. The maximum Gasteiger partial charge on any atom is 0.273 e. The minimum atomic E-state index is -0.871. The van der Waals surface area contributed by atoms with Gasteiger partial charge in [0.1, 0.15) is 0 Å². The van der Waals surface area contributed by atoms with Gasteiger partial charge in [0, 0.05) is 17.2 Å². The first kappa shape index (κ1) is 14.0. The van der Waals surface area contributed by atoms with Gasteiger partial charge >= 0.3 is 0 Å². The third kappa shape index (κ3) is 2.48. The Balaban J connectivity index is 2.57. The largest absolute Gasteiger partial charge is 0.344 e. The molecule has 0 spiro atoms. The fourth-order valence-electron chi connectivity index (χ4n) is 2.50. The molecule has 5 heteroatoms. The Morgan fingerprint density at radius 2 is 1.89 bits per heavy atom. The number of rotatable bonds is 3. The van der Waals surface area contributed by atoms with Crippen molar-refractivity contribution >= 4 is 5.69 Å². The van der Waals surface area contributed by atoms with E-state index in [1.807, 2.05) is 26.8 Å². The van der Waals surface area contributed by atoms with E-state index in [9.17, 15) is 10.1 Å². The number of aryl methyl sites for hydroxylation is 1. The van der Waals surface area contributed by atoms with Crippen LogP contribution in [0.3, 0.4) is 0 Å². The normalized spacial score (nSPS) is 17.9. The Kier molecular flexibility index (Phi) is 3.60. The van der Waals surface area contributed by atoms with Crippen LogP contribution in [0.15, 0.2) is 12.1 Å². The van der Waals surface area contributed by atoms with Gasteiger partial charge in [-0.1, -0.05) is 13.8 Å². The van der Waals surface area contributed by atoms with Crippen LogP contribution in [0.4, 0.5) is 5.69 Å². The van der Waals surface area contributed by atoms with E-state index in [1.54, 1.807) is 13.0 Å². The summed E-state index contributed by atoms with van der Waals surface area (Å²) >= 11 is 0. The van der Waals surface area contributed by atoms with E-state index in [-0.39, 0.29) is 16.5 Å². The van der Waals surface area contributed by atoms with Gasteiger partial charge in [0.05, 0.1) is 18.1 Å². The molecule has 0 N–H and O–H groups in total. The molecule has 0 amide bonds. The third-order valence-electron chi connectivity index (χ3n) is 3.52. The van der Waals surface area contributed by atoms with E-state index in [0.717, 1.165) is 16.7 Å². The van der Waals surface area contributed by atoms with Gasteiger partial charge in [-0.15, -0.1) is 0 Å². The first-order valence-corrected chi connectivity index (χ1v) is 6.42. The average Bonchev–Trinajstić information content (AvgIpc) is 2.76. The van der Waals surface area contributed by atoms with Crippen molar-refractivity contribution in [1.82, 2.24) is 0 Å². The lowest BCUT2D eigenvalue weighted by Crippen LogP contribution is -2.24. The molecule has 1 aliphatic rings. The summed E-state index contributed by atoms with van der Waals surface area (Å²) in [6.07, 6.45) is 0. The van der Waals surface area contributed by atoms with E-state index >= 15 is 0 Å². The number of benzene rings is 1. The molecule has 0 atom stereocenters. The van der Waals surface area contributed by atoms with Crippen molar-refractivity contribution < 1.29 is 14.4 Å². The molecule has 0 aromatic heterocycles. The second-order valence-electron chi connectivity index (χ2n) is 5.28. The van der Waals surface area contributed by atoms with Crippen molar-refractivity contribution in [3.05, 3.63) is 38.9 Å². The van der Waals surface area contributed by atoms with Crippen LogP contribution in [0.2, 0.25) is 0 Å². The molecule has 1 saturated heterocycles. The van der Waals surface area contributed by atoms with Gasteiger partial charge in [-0.05, 0) is 31.4 Å². The second kappa shape index (κ2) is 4.90. The van der Waals surface area contributed by atoms with Crippen molar-refractivity contribution in [3.8, 4) is 0 Å². The molecule has 1 aliphatic heterocycles. The van der Waals surface area contributed by atoms with Gasteiger partial charge in [-0.25, -0.2) is 0 Å². The fraction of sp³-hybridized carbons (Fsp3) is 0.571. The highest BCUT2D eigenvalue weighted by molar-refractivity contribution is 5.50. The first-order chi connectivity index (χ1) is 8.85. The molecule has 1 fully saturated rings. The third-order valence-corrected chi connectivity index (χ3v) is 3.52. The first-order valence-electron chi connectivity index (χ1n) is 6.42. The summed E-state index contributed by atoms with van der Waals surface area (Å²) in [4.78, 5) is 10.9. The number of nitro groups is 1. The molecule has 104 valence electrons. The molecule has 2 rings (SSSR count). The summed E-state index contributed by atoms with van der Waals surface area (Å²) in [5, 5.41) is 11.2. The smallest absolute Gasteiger partial charge is 0.273 e. The summed E-state index contributed by atoms with van der Waals surface area (Å²) in [5.41, 5.74) is 2.57. The van der Waals surface area contributed by atoms with Crippen molar-refractivity contribution in [2.24, 2.45) is 0 Å². The van der Waals surface area contributed by atoms with E-state index in [1.165, 1.54) is 0 Å². The minimum Gasteiger partial charge on any atom is -0.344 e. The molecular formula is C14H19NO4. The molecule has 19 heavy (non-hydrogen) atoms. The lowest BCUT2D eigenvalue weighted by atomic mass is 9.92. The highest BCUT2D eigenvalue weighted by Crippen LogP contribution is 2.38. The van der Waals surface area contributed by atoms with Gasteiger partial charge < -0.3 is 9.47 Å². The number of nitrogens with zero attached hydrogens (tertiary/aromatic N) is 1. The second-order valence-corrected chi connectivity index (χ2v) is 5.28. The van der Waals surface area contributed by atoms with Gasteiger partial charge in [0.15, 0.2) is 5.79 Å². The predicted octanol–water partition coefficient (Wildman–Crippen LogP) is 3.25. The quantitative estimate of drug-likeness (QED) is 0.621. The van der Waals surface area contributed by atoms with E-state index in [4.69, 9.17) is 9.47 Å². The van der Waals surface area contributed by atoms with Crippen LogP contribution in [-0.2, 0) is 15.3 Å². The number of ether oxygens (including phenoxy) is 2. The molecule has 1 aromatic rings. The van der Waals surface area contributed by atoms with Crippen LogP contribution in [0.5, 0.6) is 0 Å². The monoisotopic (exact) mass is 265 g/mol. The van der Waals surface area contributed by atoms with Gasteiger partial charge in [-0.2, -0.15) is 0 Å². The van der Waals surface area contributed by atoms with E-state index in [2.05, 4.69) is 0 Å². The Morgan fingerprint density at radius 1 is 1.32 bits per heavy atom. The molecule has 0 saturated carbocycles. The van der Waals surface area contributed by atoms with Crippen LogP contribution < -0.4 is 0 Å². The molecular weight excluding hydrogens is 246 g/mol. The van der Waals surface area contributed by atoms with Crippen LogP contribution in [0.1, 0.15) is 43.4 Å². The van der Waals surface area contributed by atoms with Crippen LogP contribution >= 0.6 is 0 Å². The highest BCUT2D eigenvalue weighted by Gasteiger charge is 2.36. The zero-order chi connectivity index (χ0) is 14.2. The Labute approximate surface area is 112 Å². The van der Waals surface area contributed by atoms with E-state index in [0.29, 0.717) is 13.2 Å². The molecule has 1 heterocycles. The summed E-state index contributed by atoms with van der Waals surface area (Å²) in [5.74, 6) is -0.768. The van der Waals surface area contributed by atoms with E-state index < -0.39 is 5.79 Å². The maximum atomic E-state index is 11.2. The van der Waals surface area contributed by atoms with Gasteiger partial charge in [-0.3, -0.25) is 10.1 Å². The fourth-order valence-corrected chi connectivity index (χ4v) is 2.50. The summed E-state index contributed by atoms with van der Waals surface area (Å²) in [6, 6.07) is 3.46. The highest BCUT2D eigenvalue weighted by atomic mass is 16.7. The maximum absolute atomic E-state index is 11.2. The standard InChI is InChI=1S/C14H19NO4/c1-9(2)11-7-10(3)12(8-13(11)15(16)17)14(4)18-5-6-19-14/h7-9H,5-6H2,1-4H3. The lowest BCUT2D eigenvalue weighted by molar-refractivity contribution is -0.385. The summed E-state index contributed by atoms with van der Waals surface area (Å²) < 4.78 is 11.2. The zero-order valence-corrected chi connectivity index (χ0v) is 11.7. The van der Waals surface area contributed by atoms with Gasteiger partial charge in [0.2, 0.25) is 0 Å². The van der Waals surface area contributed by atoms with Gasteiger partial charge in [0.25, 0.3) is 5.69 Å².